The average Bonchev–Trinajstić information content (AvgIpc) is 2.50. The SMILES string of the molecule is C=C1C(O)CC2[C@](C)(CCC[C@]2(C)C(=O)O)[C@H]1CC/C(C)=C/CO. The Morgan fingerprint density at radius 2 is 2.04 bits per heavy atom. The van der Waals surface area contributed by atoms with Gasteiger partial charge in [0.05, 0.1) is 18.1 Å². The lowest BCUT2D eigenvalue weighted by molar-refractivity contribution is -0.167. The number of allylic oxidation sites excluding steroid dienone is 1. The Labute approximate surface area is 145 Å². The number of hydrogen-bond acceptors (Lipinski definition) is 3. The maximum atomic E-state index is 12.0. The number of carbonyl (C=O) groups is 1. The minimum atomic E-state index is -0.775. The topological polar surface area (TPSA) is 77.8 Å². The van der Waals surface area contributed by atoms with Gasteiger partial charge in [-0.3, -0.25) is 4.79 Å². The summed E-state index contributed by atoms with van der Waals surface area (Å²) < 4.78 is 0. The third kappa shape index (κ3) is 3.18. The first-order valence-electron chi connectivity index (χ1n) is 9.03. The fourth-order valence-corrected chi connectivity index (χ4v) is 5.29. The van der Waals surface area contributed by atoms with Gasteiger partial charge in [0, 0.05) is 0 Å². The molecular formula is C20H32O4. The van der Waals surface area contributed by atoms with Gasteiger partial charge in [-0.25, -0.2) is 0 Å². The smallest absolute Gasteiger partial charge is 0.309 e. The number of carboxylic acids is 1. The summed E-state index contributed by atoms with van der Waals surface area (Å²) in [6.45, 7) is 10.3. The second-order valence-corrected chi connectivity index (χ2v) is 8.29. The van der Waals surface area contributed by atoms with Crippen LogP contribution in [0.25, 0.3) is 0 Å². The number of fused-ring (bicyclic) bond motifs is 1. The fraction of sp³-hybridized carbons (Fsp3) is 0.750. The highest BCUT2D eigenvalue weighted by atomic mass is 16.4. The zero-order valence-corrected chi connectivity index (χ0v) is 15.2. The molecule has 2 saturated carbocycles. The van der Waals surface area contributed by atoms with Crippen LogP contribution in [-0.4, -0.2) is 34.0 Å². The molecule has 0 spiro atoms. The normalized spacial score (nSPS) is 40.3. The van der Waals surface area contributed by atoms with Crippen molar-refractivity contribution in [1.29, 1.82) is 0 Å². The van der Waals surface area contributed by atoms with E-state index < -0.39 is 17.5 Å². The summed E-state index contributed by atoms with van der Waals surface area (Å²) in [5.74, 6) is -0.663. The quantitative estimate of drug-likeness (QED) is 0.671. The van der Waals surface area contributed by atoms with E-state index in [1.165, 1.54) is 0 Å². The Kier molecular flexibility index (Phi) is 5.61. The minimum absolute atomic E-state index is 0.0381. The Morgan fingerprint density at radius 3 is 2.62 bits per heavy atom. The standard InChI is InChI=1S/C20H32O4/c1-13(8-11-21)6-7-15-14(2)16(22)12-17-19(15,3)9-5-10-20(17,4)18(23)24/h8,15-17,21-22H,2,5-7,9-12H2,1,3-4H3,(H,23,24)/b13-8+/t15-,16?,17?,19+,20-/m0/s1. The van der Waals surface area contributed by atoms with Crippen LogP contribution in [0.5, 0.6) is 0 Å². The highest BCUT2D eigenvalue weighted by molar-refractivity contribution is 5.75. The molecule has 2 aliphatic rings. The lowest BCUT2D eigenvalue weighted by Gasteiger charge is -2.58. The predicted molar refractivity (Wildman–Crippen MR) is 94.5 cm³/mol. The Bertz CT molecular complexity index is 538. The highest BCUT2D eigenvalue weighted by Crippen LogP contribution is 2.62. The lowest BCUT2D eigenvalue weighted by Crippen LogP contribution is -2.56. The molecule has 2 fully saturated rings. The van der Waals surface area contributed by atoms with Gasteiger partial charge in [-0.15, -0.1) is 0 Å². The van der Waals surface area contributed by atoms with Crippen LogP contribution in [0.15, 0.2) is 23.8 Å². The molecule has 0 bridgehead atoms. The number of aliphatic hydroxyl groups is 2. The number of aliphatic hydroxyl groups excluding tert-OH is 2. The first-order valence-corrected chi connectivity index (χ1v) is 9.03. The molecule has 0 amide bonds. The van der Waals surface area contributed by atoms with E-state index >= 15 is 0 Å². The predicted octanol–water partition coefficient (Wildman–Crippen LogP) is 3.54. The van der Waals surface area contributed by atoms with Crippen molar-refractivity contribution in [1.82, 2.24) is 0 Å². The average molecular weight is 336 g/mol. The summed E-state index contributed by atoms with van der Waals surface area (Å²) in [5, 5.41) is 29.4. The van der Waals surface area contributed by atoms with E-state index in [2.05, 4.69) is 13.5 Å². The molecule has 0 aliphatic heterocycles. The van der Waals surface area contributed by atoms with E-state index in [-0.39, 0.29) is 23.9 Å². The van der Waals surface area contributed by atoms with E-state index in [9.17, 15) is 15.0 Å². The van der Waals surface area contributed by atoms with E-state index in [0.29, 0.717) is 12.8 Å². The summed E-state index contributed by atoms with van der Waals surface area (Å²) in [6.07, 6.45) is 5.94. The molecule has 136 valence electrons. The van der Waals surface area contributed by atoms with Gasteiger partial charge in [0.25, 0.3) is 0 Å². The molecule has 3 N–H and O–H groups in total. The largest absolute Gasteiger partial charge is 0.481 e. The summed E-state index contributed by atoms with van der Waals surface area (Å²) in [6, 6.07) is 0. The van der Waals surface area contributed by atoms with Gasteiger partial charge >= 0.3 is 5.97 Å². The molecule has 0 aromatic rings. The monoisotopic (exact) mass is 336 g/mol. The van der Waals surface area contributed by atoms with Gasteiger partial charge in [0.2, 0.25) is 0 Å². The summed E-state index contributed by atoms with van der Waals surface area (Å²) in [4.78, 5) is 12.0. The molecule has 4 nitrogen and oxygen atoms in total. The third-order valence-electron chi connectivity index (χ3n) is 6.86. The van der Waals surface area contributed by atoms with Crippen molar-refractivity contribution >= 4 is 5.97 Å². The molecule has 2 aliphatic carbocycles. The maximum absolute atomic E-state index is 12.0. The van der Waals surface area contributed by atoms with Crippen molar-refractivity contribution in [3.05, 3.63) is 23.8 Å². The first-order chi connectivity index (χ1) is 11.2. The third-order valence-corrected chi connectivity index (χ3v) is 6.86. The molecule has 0 aromatic carbocycles. The maximum Gasteiger partial charge on any atom is 0.309 e. The lowest BCUT2D eigenvalue weighted by atomic mass is 9.46. The van der Waals surface area contributed by atoms with Crippen LogP contribution in [0.1, 0.15) is 59.3 Å². The van der Waals surface area contributed by atoms with Crippen LogP contribution in [0.2, 0.25) is 0 Å². The highest BCUT2D eigenvalue weighted by Gasteiger charge is 2.58. The zero-order valence-electron chi connectivity index (χ0n) is 15.2. The fourth-order valence-electron chi connectivity index (χ4n) is 5.29. The van der Waals surface area contributed by atoms with Crippen molar-refractivity contribution in [2.24, 2.45) is 22.7 Å². The number of carboxylic acid groups (broad SMARTS) is 1. The molecule has 0 radical (unpaired) electrons. The summed E-state index contributed by atoms with van der Waals surface area (Å²) >= 11 is 0. The van der Waals surface area contributed by atoms with Gasteiger partial charge < -0.3 is 15.3 Å². The van der Waals surface area contributed by atoms with Gasteiger partial charge in [-0.2, -0.15) is 0 Å². The molecule has 0 heterocycles. The summed E-state index contributed by atoms with van der Waals surface area (Å²) in [7, 11) is 0. The molecule has 5 atom stereocenters. The molecule has 2 rings (SSSR count). The van der Waals surface area contributed by atoms with Gasteiger partial charge in [0.1, 0.15) is 0 Å². The molecule has 2 unspecified atom stereocenters. The molecular weight excluding hydrogens is 304 g/mol. The molecule has 0 aromatic heterocycles. The molecule has 0 saturated heterocycles. The zero-order chi connectivity index (χ0) is 18.1. The van der Waals surface area contributed by atoms with Crippen LogP contribution >= 0.6 is 0 Å². The van der Waals surface area contributed by atoms with E-state index in [4.69, 9.17) is 5.11 Å². The minimum Gasteiger partial charge on any atom is -0.481 e. The van der Waals surface area contributed by atoms with Crippen molar-refractivity contribution < 1.29 is 20.1 Å². The van der Waals surface area contributed by atoms with Crippen LogP contribution in [0, 0.1) is 22.7 Å². The molecule has 4 heteroatoms. The van der Waals surface area contributed by atoms with Crippen LogP contribution in [0.4, 0.5) is 0 Å². The van der Waals surface area contributed by atoms with E-state index in [0.717, 1.165) is 36.8 Å². The van der Waals surface area contributed by atoms with Gasteiger partial charge in [-0.05, 0) is 68.8 Å². The number of rotatable bonds is 5. The van der Waals surface area contributed by atoms with E-state index in [1.807, 2.05) is 19.9 Å². The second-order valence-electron chi connectivity index (χ2n) is 8.29. The first kappa shape index (κ1) is 19.2. The van der Waals surface area contributed by atoms with Crippen molar-refractivity contribution in [2.45, 2.75) is 65.4 Å². The Hall–Kier alpha value is -1.13. The van der Waals surface area contributed by atoms with Crippen molar-refractivity contribution in [3.63, 3.8) is 0 Å². The van der Waals surface area contributed by atoms with Crippen molar-refractivity contribution in [2.75, 3.05) is 6.61 Å². The molecule has 24 heavy (non-hydrogen) atoms. The van der Waals surface area contributed by atoms with Crippen LogP contribution in [0.3, 0.4) is 0 Å². The number of aliphatic carboxylic acids is 1. The van der Waals surface area contributed by atoms with E-state index in [1.54, 1.807) is 0 Å². The number of hydrogen-bond donors (Lipinski definition) is 3. The van der Waals surface area contributed by atoms with Crippen LogP contribution in [-0.2, 0) is 4.79 Å². The van der Waals surface area contributed by atoms with Gasteiger partial charge in [0.15, 0.2) is 0 Å². The Balaban J connectivity index is 2.33. The summed E-state index contributed by atoms with van der Waals surface area (Å²) in [5.41, 5.74) is 1.08. The Morgan fingerprint density at radius 1 is 1.38 bits per heavy atom. The van der Waals surface area contributed by atoms with Crippen LogP contribution < -0.4 is 0 Å². The second kappa shape index (κ2) is 7.01. The van der Waals surface area contributed by atoms with Crippen molar-refractivity contribution in [3.8, 4) is 0 Å². The van der Waals surface area contributed by atoms with Gasteiger partial charge in [-0.1, -0.05) is 31.6 Å².